The smallest absolute Gasteiger partial charge is 0.352 e. The lowest BCUT2D eigenvalue weighted by molar-refractivity contribution is -0.0459. The summed E-state index contributed by atoms with van der Waals surface area (Å²) >= 11 is 0. The zero-order valence-corrected chi connectivity index (χ0v) is 13.2. The first-order valence-corrected chi connectivity index (χ1v) is 7.47. The fourth-order valence-corrected chi connectivity index (χ4v) is 2.50. The van der Waals surface area contributed by atoms with E-state index in [1.54, 1.807) is 0 Å². The second-order valence-electron chi connectivity index (χ2n) is 5.57. The van der Waals surface area contributed by atoms with E-state index >= 15 is 0 Å². The number of aliphatic hydroxyl groups is 2. The van der Waals surface area contributed by atoms with Gasteiger partial charge in [0, 0.05) is 18.7 Å². The largest absolute Gasteiger partial charge is 0.432 e. The van der Waals surface area contributed by atoms with Crippen LogP contribution in [0.1, 0.15) is 12.6 Å². The Kier molecular flexibility index (Phi) is 5.13. The number of rotatable bonds is 4. The highest BCUT2D eigenvalue weighted by molar-refractivity contribution is 5.32. The number of benzene rings is 1. The number of nitrogens with zero attached hydrogens (tertiary/aromatic N) is 2. The molecule has 0 aliphatic carbocycles. The molecule has 1 aliphatic rings. The lowest BCUT2D eigenvalue weighted by Crippen LogP contribution is -2.27. The fourth-order valence-electron chi connectivity index (χ4n) is 2.50. The molecule has 12 heteroatoms. The highest BCUT2D eigenvalue weighted by atomic mass is 19.2. The van der Waals surface area contributed by atoms with Crippen molar-refractivity contribution in [3.8, 4) is 11.6 Å². The summed E-state index contributed by atoms with van der Waals surface area (Å²) in [5, 5.41) is 18.7. The van der Waals surface area contributed by atoms with Crippen molar-refractivity contribution in [3.63, 3.8) is 0 Å². The molecule has 2 heterocycles. The summed E-state index contributed by atoms with van der Waals surface area (Å²) in [5.74, 6) is -13.5. The van der Waals surface area contributed by atoms with Crippen LogP contribution in [-0.4, -0.2) is 38.6 Å². The maximum atomic E-state index is 13.6. The van der Waals surface area contributed by atoms with E-state index in [1.165, 1.54) is 0 Å². The van der Waals surface area contributed by atoms with Gasteiger partial charge in [0.1, 0.15) is 12.3 Å². The van der Waals surface area contributed by atoms with E-state index in [9.17, 15) is 31.9 Å². The monoisotopic (exact) mass is 394 g/mol. The molecule has 0 saturated carbocycles. The number of aromatic nitrogens is 2. The normalized spacial score (nSPS) is 22.3. The van der Waals surface area contributed by atoms with Gasteiger partial charge in [-0.25, -0.2) is 18.0 Å². The zero-order valence-electron chi connectivity index (χ0n) is 13.2. The number of hydrogen-bond acceptors (Lipinski definition) is 6. The quantitative estimate of drug-likeness (QED) is 0.462. The number of aliphatic hydroxyl groups excluding tert-OH is 2. The molecule has 7 nitrogen and oxygen atoms in total. The molecule has 0 bridgehead atoms. The molecule has 2 N–H and O–H groups in total. The molecule has 1 saturated heterocycles. The van der Waals surface area contributed by atoms with E-state index in [0.29, 0.717) is 0 Å². The molecular weight excluding hydrogens is 383 g/mol. The first kappa shape index (κ1) is 19.2. The molecule has 27 heavy (non-hydrogen) atoms. The summed E-state index contributed by atoms with van der Waals surface area (Å²) in [6.07, 6.45) is -1.92. The van der Waals surface area contributed by atoms with E-state index in [4.69, 9.17) is 9.84 Å². The van der Waals surface area contributed by atoms with Crippen molar-refractivity contribution in [3.05, 3.63) is 51.8 Å². The molecule has 0 radical (unpaired) electrons. The molecular formula is C15H11F5N2O5. The van der Waals surface area contributed by atoms with E-state index in [-0.39, 0.29) is 6.42 Å². The maximum absolute atomic E-state index is 13.6. The Morgan fingerprint density at radius 2 is 1.74 bits per heavy atom. The molecule has 0 unspecified atom stereocenters. The topological polar surface area (TPSA) is 93.8 Å². The Morgan fingerprint density at radius 3 is 2.26 bits per heavy atom. The SMILES string of the molecule is O=c1nc(Oc2c(F)c(F)c(F)c(F)c2F)ccn1[C@H]1C[C@H](O)[C@@H](CO)O1. The predicted octanol–water partition coefficient (Wildman–Crippen LogP) is 1.37. The highest BCUT2D eigenvalue weighted by Crippen LogP contribution is 2.32. The molecule has 1 aliphatic heterocycles. The van der Waals surface area contributed by atoms with Crippen LogP contribution in [0.2, 0.25) is 0 Å². The molecule has 0 spiro atoms. The van der Waals surface area contributed by atoms with Gasteiger partial charge in [-0.3, -0.25) is 4.57 Å². The molecule has 3 atom stereocenters. The van der Waals surface area contributed by atoms with Crippen molar-refractivity contribution >= 4 is 0 Å². The molecule has 1 fully saturated rings. The fraction of sp³-hybridized carbons (Fsp3) is 0.333. The molecule has 2 aromatic rings. The second kappa shape index (κ2) is 7.21. The summed E-state index contributed by atoms with van der Waals surface area (Å²) < 4.78 is 77.3. The van der Waals surface area contributed by atoms with Crippen LogP contribution in [0.15, 0.2) is 17.1 Å². The average Bonchev–Trinajstić information content (AvgIpc) is 3.02. The van der Waals surface area contributed by atoms with Gasteiger partial charge in [0.25, 0.3) is 0 Å². The van der Waals surface area contributed by atoms with Crippen molar-refractivity contribution in [2.24, 2.45) is 0 Å². The molecule has 3 rings (SSSR count). The lowest BCUT2D eigenvalue weighted by atomic mass is 10.2. The number of hydrogen-bond donors (Lipinski definition) is 2. The third-order valence-electron chi connectivity index (χ3n) is 3.87. The van der Waals surface area contributed by atoms with Crippen molar-refractivity contribution in [2.45, 2.75) is 24.9 Å². The maximum Gasteiger partial charge on any atom is 0.352 e. The highest BCUT2D eigenvalue weighted by Gasteiger charge is 2.35. The van der Waals surface area contributed by atoms with Crippen molar-refractivity contribution in [1.82, 2.24) is 9.55 Å². The van der Waals surface area contributed by atoms with Crippen molar-refractivity contribution in [2.75, 3.05) is 6.61 Å². The first-order valence-electron chi connectivity index (χ1n) is 7.47. The van der Waals surface area contributed by atoms with Crippen LogP contribution in [-0.2, 0) is 4.74 Å². The van der Waals surface area contributed by atoms with Crippen LogP contribution in [0.3, 0.4) is 0 Å². The van der Waals surface area contributed by atoms with Gasteiger partial charge in [0.15, 0.2) is 0 Å². The van der Waals surface area contributed by atoms with E-state index in [2.05, 4.69) is 9.72 Å². The van der Waals surface area contributed by atoms with E-state index in [0.717, 1.165) is 16.8 Å². The Morgan fingerprint density at radius 1 is 1.15 bits per heavy atom. The van der Waals surface area contributed by atoms with Crippen LogP contribution < -0.4 is 10.4 Å². The minimum atomic E-state index is -2.35. The molecule has 1 aromatic carbocycles. The molecule has 1 aromatic heterocycles. The summed E-state index contributed by atoms with van der Waals surface area (Å²) in [5.41, 5.74) is -1.04. The van der Waals surface area contributed by atoms with Crippen LogP contribution in [0.25, 0.3) is 0 Å². The summed E-state index contributed by atoms with van der Waals surface area (Å²) in [7, 11) is 0. The van der Waals surface area contributed by atoms with Crippen LogP contribution in [0.4, 0.5) is 22.0 Å². The number of halogens is 5. The number of ether oxygens (including phenoxy) is 2. The first-order chi connectivity index (χ1) is 12.7. The van der Waals surface area contributed by atoms with Crippen LogP contribution >= 0.6 is 0 Å². The summed E-state index contributed by atoms with van der Waals surface area (Å²) in [6.45, 7) is -0.485. The van der Waals surface area contributed by atoms with Gasteiger partial charge >= 0.3 is 5.69 Å². The summed E-state index contributed by atoms with van der Waals surface area (Å²) in [6, 6.07) is 0.932. The van der Waals surface area contributed by atoms with E-state index < -0.39 is 71.4 Å². The van der Waals surface area contributed by atoms with Gasteiger partial charge in [-0.15, -0.1) is 0 Å². The molecule has 0 amide bonds. The Labute approximate surface area is 147 Å². The van der Waals surface area contributed by atoms with Crippen LogP contribution in [0, 0.1) is 29.1 Å². The van der Waals surface area contributed by atoms with Gasteiger partial charge in [0.2, 0.25) is 40.7 Å². The summed E-state index contributed by atoms with van der Waals surface area (Å²) in [4.78, 5) is 15.4. The zero-order chi connectivity index (χ0) is 19.9. The Bertz CT molecular complexity index is 909. The van der Waals surface area contributed by atoms with Crippen LogP contribution in [0.5, 0.6) is 11.6 Å². The standard InChI is InChI=1S/C15H11F5N2O5/c16-9-10(17)12(19)14(13(20)11(9)18)27-7-1-2-22(15(25)21-7)8-3-5(24)6(4-23)26-8/h1-2,5-6,8,23-24H,3-4H2/t5-,6+,8+/m0/s1. The lowest BCUT2D eigenvalue weighted by Gasteiger charge is -2.15. The minimum absolute atomic E-state index is 0.0370. The molecule has 146 valence electrons. The second-order valence-corrected chi connectivity index (χ2v) is 5.57. The Balaban J connectivity index is 1.89. The van der Waals surface area contributed by atoms with Gasteiger partial charge in [0.05, 0.1) is 12.7 Å². The van der Waals surface area contributed by atoms with Crippen molar-refractivity contribution < 1.29 is 41.6 Å². The van der Waals surface area contributed by atoms with E-state index in [1.807, 2.05) is 0 Å². The minimum Gasteiger partial charge on any atom is -0.432 e. The van der Waals surface area contributed by atoms with Gasteiger partial charge < -0.3 is 19.7 Å². The Hall–Kier alpha value is -2.57. The van der Waals surface area contributed by atoms with Gasteiger partial charge in [-0.2, -0.15) is 13.8 Å². The third-order valence-corrected chi connectivity index (χ3v) is 3.87. The predicted molar refractivity (Wildman–Crippen MR) is 76.4 cm³/mol. The third kappa shape index (κ3) is 3.38. The van der Waals surface area contributed by atoms with Gasteiger partial charge in [-0.1, -0.05) is 0 Å². The average molecular weight is 394 g/mol. The van der Waals surface area contributed by atoms with Gasteiger partial charge in [-0.05, 0) is 0 Å². The van der Waals surface area contributed by atoms with Crippen molar-refractivity contribution in [1.29, 1.82) is 0 Å².